The molecule has 1 aromatic heterocycles. The number of hydrogen-bond donors (Lipinski definition) is 0. The van der Waals surface area contributed by atoms with Crippen LogP contribution >= 0.6 is 0 Å². The number of hydrogen-bond acceptors (Lipinski definition) is 3. The third-order valence-corrected chi connectivity index (χ3v) is 5.19. The van der Waals surface area contributed by atoms with Crippen LogP contribution in [0.15, 0.2) is 84.9 Å². The summed E-state index contributed by atoms with van der Waals surface area (Å²) < 4.78 is 5.34. The van der Waals surface area contributed by atoms with Crippen molar-refractivity contribution in [3.05, 3.63) is 96.2 Å². The van der Waals surface area contributed by atoms with Crippen molar-refractivity contribution in [3.8, 4) is 5.75 Å². The number of rotatable bonds is 3. The molecule has 0 radical (unpaired) electrons. The van der Waals surface area contributed by atoms with E-state index in [9.17, 15) is 4.79 Å². The Morgan fingerprint density at radius 2 is 1.43 bits per heavy atom. The van der Waals surface area contributed by atoms with E-state index in [1.54, 1.807) is 6.07 Å². The lowest BCUT2D eigenvalue weighted by atomic mass is 9.96. The normalized spacial score (nSPS) is 11.5. The predicted octanol–water partition coefficient (Wildman–Crippen LogP) is 6.64. The summed E-state index contributed by atoms with van der Waals surface area (Å²) in [6.45, 7) is 1.40. The van der Waals surface area contributed by atoms with Gasteiger partial charge >= 0.3 is 5.97 Å². The fourth-order valence-electron chi connectivity index (χ4n) is 3.86. The molecule has 3 nitrogen and oxygen atoms in total. The number of nitrogens with zero attached hydrogens (tertiary/aromatic N) is 1. The molecule has 0 spiro atoms. The van der Waals surface area contributed by atoms with Gasteiger partial charge in [-0.3, -0.25) is 4.79 Å². The van der Waals surface area contributed by atoms with Crippen molar-refractivity contribution in [2.24, 2.45) is 0 Å². The standard InChI is InChI=1S/C27H19NO2/c1-18(29)30-26-12-6-9-19-13-14-22(28-27(19)26)15-16-25-23-10-4-2-7-20(23)17-21-8-3-5-11-24(21)25/h2-17H,1H3/b16-15+. The average molecular weight is 389 g/mol. The maximum Gasteiger partial charge on any atom is 0.308 e. The van der Waals surface area contributed by atoms with Crippen molar-refractivity contribution in [1.82, 2.24) is 4.98 Å². The fourth-order valence-corrected chi connectivity index (χ4v) is 3.86. The van der Waals surface area contributed by atoms with Crippen molar-refractivity contribution in [2.75, 3.05) is 0 Å². The molecule has 0 atom stereocenters. The highest BCUT2D eigenvalue weighted by molar-refractivity contribution is 6.07. The number of aromatic nitrogens is 1. The number of ether oxygens (including phenoxy) is 1. The lowest BCUT2D eigenvalue weighted by Gasteiger charge is -2.09. The molecule has 5 aromatic rings. The molecule has 0 aliphatic rings. The SMILES string of the molecule is CC(=O)Oc1cccc2ccc(/C=C/c3c4ccccc4cc4ccccc34)nc12. The average Bonchev–Trinajstić information content (AvgIpc) is 2.76. The Kier molecular flexibility index (Phi) is 4.49. The highest BCUT2D eigenvalue weighted by Crippen LogP contribution is 2.30. The minimum absolute atomic E-state index is 0.354. The molecule has 0 amide bonds. The van der Waals surface area contributed by atoms with Gasteiger partial charge in [-0.05, 0) is 51.4 Å². The molecule has 0 aliphatic heterocycles. The molecular weight excluding hydrogens is 370 g/mol. The number of carbonyl (C=O) groups is 1. The topological polar surface area (TPSA) is 39.2 Å². The van der Waals surface area contributed by atoms with E-state index in [-0.39, 0.29) is 5.97 Å². The number of esters is 1. The molecule has 3 heteroatoms. The highest BCUT2D eigenvalue weighted by atomic mass is 16.5. The first-order valence-electron chi connectivity index (χ1n) is 9.86. The van der Waals surface area contributed by atoms with Gasteiger partial charge in [0.2, 0.25) is 0 Å². The second-order valence-corrected chi connectivity index (χ2v) is 7.22. The van der Waals surface area contributed by atoms with Crippen LogP contribution in [0.3, 0.4) is 0 Å². The maximum atomic E-state index is 11.4. The Morgan fingerprint density at radius 1 is 0.767 bits per heavy atom. The van der Waals surface area contributed by atoms with Gasteiger partial charge in [0.15, 0.2) is 5.75 Å². The smallest absolute Gasteiger partial charge is 0.308 e. The Bertz CT molecular complexity index is 1400. The van der Waals surface area contributed by atoms with E-state index >= 15 is 0 Å². The van der Waals surface area contributed by atoms with Crippen LogP contribution in [0.4, 0.5) is 0 Å². The summed E-state index contributed by atoms with van der Waals surface area (Å²) in [5, 5.41) is 5.75. The van der Waals surface area contributed by atoms with Gasteiger partial charge in [-0.2, -0.15) is 0 Å². The molecule has 1 heterocycles. The largest absolute Gasteiger partial charge is 0.424 e. The summed E-state index contributed by atoms with van der Waals surface area (Å²) in [7, 11) is 0. The number of carbonyl (C=O) groups excluding carboxylic acids is 1. The summed E-state index contributed by atoms with van der Waals surface area (Å²) in [4.78, 5) is 16.2. The number of pyridine rings is 1. The first kappa shape index (κ1) is 18.1. The molecule has 0 unspecified atom stereocenters. The molecule has 0 saturated carbocycles. The van der Waals surface area contributed by atoms with Gasteiger partial charge in [0, 0.05) is 12.3 Å². The van der Waals surface area contributed by atoms with Crippen molar-refractivity contribution in [1.29, 1.82) is 0 Å². The van der Waals surface area contributed by atoms with E-state index < -0.39 is 0 Å². The van der Waals surface area contributed by atoms with E-state index in [0.29, 0.717) is 11.3 Å². The molecule has 30 heavy (non-hydrogen) atoms. The predicted molar refractivity (Wildman–Crippen MR) is 123 cm³/mol. The fraction of sp³-hybridized carbons (Fsp3) is 0.0370. The van der Waals surface area contributed by atoms with E-state index in [0.717, 1.165) is 11.1 Å². The van der Waals surface area contributed by atoms with Crippen LogP contribution in [0.5, 0.6) is 5.75 Å². The molecule has 4 aromatic carbocycles. The zero-order chi connectivity index (χ0) is 20.5. The zero-order valence-electron chi connectivity index (χ0n) is 16.5. The van der Waals surface area contributed by atoms with Crippen LogP contribution in [-0.4, -0.2) is 11.0 Å². The van der Waals surface area contributed by atoms with Crippen molar-refractivity contribution in [2.45, 2.75) is 6.92 Å². The Hall–Kier alpha value is -3.98. The van der Waals surface area contributed by atoms with Gasteiger partial charge in [0.05, 0.1) is 5.69 Å². The number of benzene rings is 4. The second-order valence-electron chi connectivity index (χ2n) is 7.22. The Morgan fingerprint density at radius 3 is 2.13 bits per heavy atom. The van der Waals surface area contributed by atoms with E-state index in [4.69, 9.17) is 9.72 Å². The van der Waals surface area contributed by atoms with E-state index in [1.807, 2.05) is 30.3 Å². The van der Waals surface area contributed by atoms with Crippen LogP contribution in [0.2, 0.25) is 0 Å². The molecule has 5 rings (SSSR count). The van der Waals surface area contributed by atoms with Crippen LogP contribution in [0, 0.1) is 0 Å². The lowest BCUT2D eigenvalue weighted by molar-refractivity contribution is -0.131. The summed E-state index contributed by atoms with van der Waals surface area (Å²) in [6.07, 6.45) is 4.13. The molecule has 0 aliphatic carbocycles. The van der Waals surface area contributed by atoms with Crippen LogP contribution in [0.1, 0.15) is 18.2 Å². The third-order valence-electron chi connectivity index (χ3n) is 5.19. The first-order chi connectivity index (χ1) is 14.7. The van der Waals surface area contributed by atoms with Crippen molar-refractivity contribution >= 4 is 50.6 Å². The van der Waals surface area contributed by atoms with Gasteiger partial charge in [-0.25, -0.2) is 4.98 Å². The van der Waals surface area contributed by atoms with Gasteiger partial charge in [-0.15, -0.1) is 0 Å². The second kappa shape index (κ2) is 7.45. The molecular formula is C27H19NO2. The van der Waals surface area contributed by atoms with Crippen molar-refractivity contribution < 1.29 is 9.53 Å². The molecule has 0 N–H and O–H groups in total. The minimum atomic E-state index is -0.354. The van der Waals surface area contributed by atoms with Crippen LogP contribution < -0.4 is 4.74 Å². The summed E-state index contributed by atoms with van der Waals surface area (Å²) in [6, 6.07) is 28.6. The van der Waals surface area contributed by atoms with Gasteiger partial charge in [0.25, 0.3) is 0 Å². The van der Waals surface area contributed by atoms with Crippen LogP contribution in [-0.2, 0) is 4.79 Å². The number of fused-ring (bicyclic) bond motifs is 3. The molecule has 0 saturated heterocycles. The third kappa shape index (κ3) is 3.31. The van der Waals surface area contributed by atoms with Gasteiger partial charge < -0.3 is 4.74 Å². The van der Waals surface area contributed by atoms with Crippen molar-refractivity contribution in [3.63, 3.8) is 0 Å². The summed E-state index contributed by atoms with van der Waals surface area (Å²) >= 11 is 0. The first-order valence-corrected chi connectivity index (χ1v) is 9.86. The Balaban J connectivity index is 1.65. The Labute approximate surface area is 174 Å². The summed E-state index contributed by atoms with van der Waals surface area (Å²) in [5.74, 6) is 0.123. The molecule has 0 bridgehead atoms. The zero-order valence-corrected chi connectivity index (χ0v) is 16.5. The highest BCUT2D eigenvalue weighted by Gasteiger charge is 2.08. The van der Waals surface area contributed by atoms with Gasteiger partial charge in [0.1, 0.15) is 5.52 Å². The minimum Gasteiger partial charge on any atom is -0.424 e. The van der Waals surface area contributed by atoms with E-state index in [1.165, 1.54) is 34.0 Å². The molecule has 144 valence electrons. The quantitative estimate of drug-likeness (QED) is 0.197. The number of para-hydroxylation sites is 1. The maximum absolute atomic E-state index is 11.4. The molecule has 0 fully saturated rings. The lowest BCUT2D eigenvalue weighted by Crippen LogP contribution is -2.02. The monoisotopic (exact) mass is 389 g/mol. The van der Waals surface area contributed by atoms with Crippen LogP contribution in [0.25, 0.3) is 44.6 Å². The summed E-state index contributed by atoms with van der Waals surface area (Å²) in [5.41, 5.74) is 2.65. The van der Waals surface area contributed by atoms with E-state index in [2.05, 4.69) is 60.7 Å². The van der Waals surface area contributed by atoms with Gasteiger partial charge in [-0.1, -0.05) is 72.8 Å².